The van der Waals surface area contributed by atoms with Crippen LogP contribution in [0.4, 0.5) is 4.39 Å². The summed E-state index contributed by atoms with van der Waals surface area (Å²) in [5, 5.41) is 0. The smallest absolute Gasteiger partial charge is 0.141 e. The Hall–Kier alpha value is -1.35. The van der Waals surface area contributed by atoms with E-state index in [1.807, 2.05) is 37.3 Å². The molecule has 17 heavy (non-hydrogen) atoms. The van der Waals surface area contributed by atoms with Gasteiger partial charge in [-0.2, -0.15) is 0 Å². The first-order chi connectivity index (χ1) is 8.22. The summed E-state index contributed by atoms with van der Waals surface area (Å²) in [6.07, 6.45) is 0. The van der Waals surface area contributed by atoms with Crippen LogP contribution < -0.4 is 4.74 Å². The van der Waals surface area contributed by atoms with E-state index in [0.717, 1.165) is 11.1 Å². The van der Waals surface area contributed by atoms with Crippen molar-refractivity contribution in [2.45, 2.75) is 6.92 Å². The second-order valence-corrected chi connectivity index (χ2v) is 4.42. The van der Waals surface area contributed by atoms with Gasteiger partial charge in [0, 0.05) is 5.56 Å². The van der Waals surface area contributed by atoms with Crippen molar-refractivity contribution in [2.24, 2.45) is 0 Å². The fourth-order valence-electron chi connectivity index (χ4n) is 1.68. The van der Waals surface area contributed by atoms with Crippen LogP contribution in [0, 0.1) is 5.82 Å². The predicted octanol–water partition coefficient (Wildman–Crippen LogP) is 4.65. The van der Waals surface area contributed by atoms with Crippen LogP contribution in [0.15, 0.2) is 46.9 Å². The van der Waals surface area contributed by atoms with Crippen molar-refractivity contribution in [3.63, 3.8) is 0 Å². The molecule has 0 amide bonds. The number of hydrogen-bond donors (Lipinski definition) is 0. The van der Waals surface area contributed by atoms with Gasteiger partial charge in [0.25, 0.3) is 0 Å². The van der Waals surface area contributed by atoms with Crippen LogP contribution in [-0.4, -0.2) is 6.61 Å². The van der Waals surface area contributed by atoms with Crippen LogP contribution in [0.3, 0.4) is 0 Å². The van der Waals surface area contributed by atoms with Gasteiger partial charge >= 0.3 is 0 Å². The van der Waals surface area contributed by atoms with Crippen LogP contribution in [0.2, 0.25) is 0 Å². The molecule has 0 aliphatic heterocycles. The molecule has 2 aromatic carbocycles. The maximum Gasteiger partial charge on any atom is 0.141 e. The molecule has 1 nitrogen and oxygen atoms in total. The minimum atomic E-state index is -0.279. The number of benzene rings is 2. The van der Waals surface area contributed by atoms with Crippen molar-refractivity contribution in [2.75, 3.05) is 6.61 Å². The van der Waals surface area contributed by atoms with Gasteiger partial charge in [0.2, 0.25) is 0 Å². The van der Waals surface area contributed by atoms with E-state index in [-0.39, 0.29) is 5.82 Å². The van der Waals surface area contributed by atoms with Crippen LogP contribution in [-0.2, 0) is 0 Å². The van der Waals surface area contributed by atoms with Crippen molar-refractivity contribution in [1.29, 1.82) is 0 Å². The second kappa shape index (κ2) is 5.32. The summed E-state index contributed by atoms with van der Waals surface area (Å²) in [6, 6.07) is 12.5. The van der Waals surface area contributed by atoms with Gasteiger partial charge in [0.15, 0.2) is 0 Å². The zero-order chi connectivity index (χ0) is 12.3. The van der Waals surface area contributed by atoms with Gasteiger partial charge in [0.05, 0.1) is 11.1 Å². The lowest BCUT2D eigenvalue weighted by Crippen LogP contribution is -1.96. The van der Waals surface area contributed by atoms with Gasteiger partial charge in [0.1, 0.15) is 11.6 Å². The number of halogens is 2. The third-order valence-electron chi connectivity index (χ3n) is 2.38. The average Bonchev–Trinajstić information content (AvgIpc) is 2.33. The van der Waals surface area contributed by atoms with E-state index in [9.17, 15) is 4.39 Å². The Balaban J connectivity index is 2.59. The highest BCUT2D eigenvalue weighted by Crippen LogP contribution is 2.37. The lowest BCUT2D eigenvalue weighted by atomic mass is 10.0. The normalized spacial score (nSPS) is 10.3. The highest BCUT2D eigenvalue weighted by atomic mass is 79.9. The van der Waals surface area contributed by atoms with Gasteiger partial charge in [-0.1, -0.05) is 30.3 Å². The van der Waals surface area contributed by atoms with Crippen LogP contribution in [0.25, 0.3) is 11.1 Å². The van der Waals surface area contributed by atoms with Gasteiger partial charge < -0.3 is 4.74 Å². The third kappa shape index (κ3) is 2.67. The van der Waals surface area contributed by atoms with E-state index in [4.69, 9.17) is 4.74 Å². The van der Waals surface area contributed by atoms with Gasteiger partial charge in [-0.15, -0.1) is 0 Å². The number of ether oxygens (including phenoxy) is 1. The Kier molecular flexibility index (Phi) is 3.79. The van der Waals surface area contributed by atoms with E-state index in [2.05, 4.69) is 15.9 Å². The van der Waals surface area contributed by atoms with Crippen molar-refractivity contribution < 1.29 is 9.13 Å². The van der Waals surface area contributed by atoms with E-state index >= 15 is 0 Å². The Morgan fingerprint density at radius 3 is 2.53 bits per heavy atom. The first-order valence-electron chi connectivity index (χ1n) is 5.39. The zero-order valence-electron chi connectivity index (χ0n) is 9.41. The lowest BCUT2D eigenvalue weighted by Gasteiger charge is -2.12. The molecule has 0 unspecified atom stereocenters. The van der Waals surface area contributed by atoms with Crippen LogP contribution >= 0.6 is 15.9 Å². The molecule has 0 aliphatic carbocycles. The van der Waals surface area contributed by atoms with Crippen molar-refractivity contribution in [3.8, 4) is 16.9 Å². The summed E-state index contributed by atoms with van der Waals surface area (Å²) < 4.78 is 19.6. The molecular weight excluding hydrogens is 283 g/mol. The molecule has 88 valence electrons. The monoisotopic (exact) mass is 294 g/mol. The molecule has 0 bridgehead atoms. The summed E-state index contributed by atoms with van der Waals surface area (Å²) in [7, 11) is 0. The van der Waals surface area contributed by atoms with Crippen molar-refractivity contribution >= 4 is 15.9 Å². The maximum atomic E-state index is 13.4. The molecule has 0 saturated carbocycles. The van der Waals surface area contributed by atoms with Gasteiger partial charge in [-0.05, 0) is 40.5 Å². The molecule has 0 heterocycles. The molecule has 2 aromatic rings. The summed E-state index contributed by atoms with van der Waals surface area (Å²) in [5.74, 6) is 0.402. The van der Waals surface area contributed by atoms with Crippen LogP contribution in [0.1, 0.15) is 6.92 Å². The molecule has 3 heteroatoms. The third-order valence-corrected chi connectivity index (χ3v) is 2.97. The summed E-state index contributed by atoms with van der Waals surface area (Å²) >= 11 is 3.33. The fraction of sp³-hybridized carbons (Fsp3) is 0.143. The molecule has 0 saturated heterocycles. The standard InChI is InChI=1S/C14H12BrFO/c1-2-17-14-12(8-11(16)9-13(14)15)10-6-4-3-5-7-10/h3-9H,2H2,1H3. The van der Waals surface area contributed by atoms with Gasteiger partial charge in [-0.25, -0.2) is 4.39 Å². The summed E-state index contributed by atoms with van der Waals surface area (Å²) in [4.78, 5) is 0. The fourth-order valence-corrected chi connectivity index (χ4v) is 2.23. The molecule has 0 atom stereocenters. The average molecular weight is 295 g/mol. The first-order valence-corrected chi connectivity index (χ1v) is 6.19. The first kappa shape index (κ1) is 12.1. The highest BCUT2D eigenvalue weighted by Gasteiger charge is 2.12. The minimum absolute atomic E-state index is 0.279. The summed E-state index contributed by atoms with van der Waals surface area (Å²) in [6.45, 7) is 2.45. The Morgan fingerprint density at radius 2 is 1.88 bits per heavy atom. The molecule has 0 aromatic heterocycles. The number of hydrogen-bond acceptors (Lipinski definition) is 1. The largest absolute Gasteiger partial charge is 0.492 e. The molecule has 0 N–H and O–H groups in total. The minimum Gasteiger partial charge on any atom is -0.492 e. The highest BCUT2D eigenvalue weighted by molar-refractivity contribution is 9.10. The van der Waals surface area contributed by atoms with Gasteiger partial charge in [-0.3, -0.25) is 0 Å². The van der Waals surface area contributed by atoms with Crippen molar-refractivity contribution in [3.05, 3.63) is 52.8 Å². The van der Waals surface area contributed by atoms with Crippen molar-refractivity contribution in [1.82, 2.24) is 0 Å². The Morgan fingerprint density at radius 1 is 1.18 bits per heavy atom. The zero-order valence-corrected chi connectivity index (χ0v) is 11.0. The van der Waals surface area contributed by atoms with E-state index in [0.29, 0.717) is 16.8 Å². The predicted molar refractivity (Wildman–Crippen MR) is 70.7 cm³/mol. The SMILES string of the molecule is CCOc1c(Br)cc(F)cc1-c1ccccc1. The van der Waals surface area contributed by atoms with E-state index in [1.165, 1.54) is 12.1 Å². The molecule has 0 fully saturated rings. The maximum absolute atomic E-state index is 13.4. The lowest BCUT2D eigenvalue weighted by molar-refractivity contribution is 0.339. The topological polar surface area (TPSA) is 9.23 Å². The molecule has 0 aliphatic rings. The summed E-state index contributed by atoms with van der Waals surface area (Å²) in [5.41, 5.74) is 1.70. The van der Waals surface area contributed by atoms with Crippen LogP contribution in [0.5, 0.6) is 5.75 Å². The molecular formula is C14H12BrFO. The second-order valence-electron chi connectivity index (χ2n) is 3.56. The van der Waals surface area contributed by atoms with E-state index < -0.39 is 0 Å². The Labute approximate surface area is 108 Å². The van der Waals surface area contributed by atoms with E-state index in [1.54, 1.807) is 0 Å². The molecule has 0 spiro atoms. The number of rotatable bonds is 3. The Bertz CT molecular complexity index is 511. The molecule has 0 radical (unpaired) electrons. The quantitative estimate of drug-likeness (QED) is 0.800. The molecule has 2 rings (SSSR count).